The fourth-order valence-corrected chi connectivity index (χ4v) is 5.96. The lowest BCUT2D eigenvalue weighted by atomic mass is 9.97. The molecule has 11 heteroatoms. The molecule has 0 spiro atoms. The lowest BCUT2D eigenvalue weighted by Gasteiger charge is -2.23. The van der Waals surface area contributed by atoms with Crippen LogP contribution in [-0.2, 0) is 16.1 Å². The predicted octanol–water partition coefficient (Wildman–Crippen LogP) is 5.06. The molecule has 44 heavy (non-hydrogen) atoms. The summed E-state index contributed by atoms with van der Waals surface area (Å²) in [5.74, 6) is 1.54. The fourth-order valence-electron chi connectivity index (χ4n) is 4.80. The lowest BCUT2D eigenvalue weighted by molar-refractivity contribution is -0.136. The molecule has 5 rings (SSSR count). The number of fused-ring (bicyclic) bond motifs is 1. The predicted molar refractivity (Wildman–Crippen MR) is 169 cm³/mol. The number of rotatable bonds is 11. The second-order valence-electron chi connectivity index (χ2n) is 9.54. The first-order chi connectivity index (χ1) is 21.4. The molecule has 4 aromatic rings. The average Bonchev–Trinajstić information content (AvgIpc) is 3.35. The minimum Gasteiger partial charge on any atom is -0.493 e. The van der Waals surface area contributed by atoms with Crippen molar-refractivity contribution in [2.75, 3.05) is 27.4 Å². The summed E-state index contributed by atoms with van der Waals surface area (Å²) in [6.07, 6.45) is 3.21. The Labute approximate surface area is 263 Å². The molecule has 2 heterocycles. The quantitative estimate of drug-likeness (QED) is 0.213. The Morgan fingerprint density at radius 3 is 2.41 bits per heavy atom. The second-order valence-corrected chi connectivity index (χ2v) is 11.0. The van der Waals surface area contributed by atoms with Crippen LogP contribution in [0.15, 0.2) is 82.2 Å². The summed E-state index contributed by atoms with van der Waals surface area (Å²) in [5, 5.41) is 0.617. The van der Waals surface area contributed by atoms with E-state index in [2.05, 4.69) is 4.99 Å². The first-order valence-corrected chi connectivity index (χ1v) is 15.1. The SMILES string of the molecule is CCOc1ccc([C@@H]2C(C(=O)OC)=CN=c3s/c(=C\c4ccc(OCc5ccccc5Cl)c(OC)c4)c(=O)n32)cc1OCC. The normalized spacial score (nSPS) is 14.2. The summed E-state index contributed by atoms with van der Waals surface area (Å²) in [7, 11) is 2.85. The maximum Gasteiger partial charge on any atom is 0.337 e. The van der Waals surface area contributed by atoms with Crippen molar-refractivity contribution >= 4 is 35.0 Å². The molecule has 0 radical (unpaired) electrons. The summed E-state index contributed by atoms with van der Waals surface area (Å²) < 4.78 is 30.1. The molecule has 0 N–H and O–H groups in total. The minimum atomic E-state index is -0.786. The third-order valence-corrected chi connectivity index (χ3v) is 8.20. The molecule has 1 aromatic heterocycles. The van der Waals surface area contributed by atoms with Gasteiger partial charge in [0.2, 0.25) is 0 Å². The zero-order valence-corrected chi connectivity index (χ0v) is 26.2. The molecule has 1 aliphatic rings. The number of methoxy groups -OCH3 is 2. The zero-order chi connectivity index (χ0) is 31.2. The Morgan fingerprint density at radius 2 is 1.68 bits per heavy atom. The van der Waals surface area contributed by atoms with Crippen LogP contribution in [0.25, 0.3) is 6.08 Å². The van der Waals surface area contributed by atoms with E-state index in [-0.39, 0.29) is 17.7 Å². The van der Waals surface area contributed by atoms with Crippen molar-refractivity contribution in [1.29, 1.82) is 0 Å². The highest BCUT2D eigenvalue weighted by atomic mass is 35.5. The van der Waals surface area contributed by atoms with E-state index in [0.717, 1.165) is 11.1 Å². The third kappa shape index (κ3) is 6.36. The van der Waals surface area contributed by atoms with Crippen LogP contribution in [0.3, 0.4) is 0 Å². The monoisotopic (exact) mass is 634 g/mol. The van der Waals surface area contributed by atoms with Crippen LogP contribution in [0.5, 0.6) is 23.0 Å². The van der Waals surface area contributed by atoms with E-state index in [4.69, 9.17) is 35.3 Å². The number of halogens is 1. The van der Waals surface area contributed by atoms with Crippen LogP contribution in [0, 0.1) is 0 Å². The minimum absolute atomic E-state index is 0.222. The number of ether oxygens (including phenoxy) is 5. The highest BCUT2D eigenvalue weighted by Gasteiger charge is 2.31. The van der Waals surface area contributed by atoms with E-state index in [0.29, 0.717) is 56.1 Å². The molecule has 1 atom stereocenters. The van der Waals surface area contributed by atoms with Crippen LogP contribution >= 0.6 is 22.9 Å². The van der Waals surface area contributed by atoms with Crippen molar-refractivity contribution in [3.8, 4) is 23.0 Å². The van der Waals surface area contributed by atoms with Crippen LogP contribution in [0.2, 0.25) is 5.02 Å². The molecule has 0 amide bonds. The van der Waals surface area contributed by atoms with Gasteiger partial charge in [0, 0.05) is 16.8 Å². The van der Waals surface area contributed by atoms with Gasteiger partial charge in [0.05, 0.1) is 43.6 Å². The number of thiazole rings is 1. The number of esters is 1. The number of benzene rings is 3. The van der Waals surface area contributed by atoms with Gasteiger partial charge in [-0.3, -0.25) is 9.36 Å². The van der Waals surface area contributed by atoms with E-state index in [1.54, 1.807) is 37.5 Å². The smallest absolute Gasteiger partial charge is 0.337 e. The molecular formula is C33H31ClN2O7S. The van der Waals surface area contributed by atoms with E-state index >= 15 is 0 Å². The Balaban J connectivity index is 1.54. The van der Waals surface area contributed by atoms with Gasteiger partial charge in [-0.05, 0) is 61.4 Å². The zero-order valence-electron chi connectivity index (χ0n) is 24.7. The molecule has 228 valence electrons. The standard InChI is InChI=1S/C33H31ClN2O7S/c1-5-41-26-14-12-21(17-28(26)42-6-2)30-23(32(38)40-4)18-35-33-36(30)31(37)29(44-33)16-20-11-13-25(27(15-20)39-3)43-19-22-9-7-8-10-24(22)34/h7-18,30H,5-6,19H2,1-4H3/b29-16-/t30-/m1/s1. The number of hydrogen-bond acceptors (Lipinski definition) is 9. The molecule has 0 fully saturated rings. The third-order valence-electron chi connectivity index (χ3n) is 6.83. The lowest BCUT2D eigenvalue weighted by Crippen LogP contribution is -2.39. The molecule has 3 aromatic carbocycles. The van der Waals surface area contributed by atoms with Crippen molar-refractivity contribution in [3.63, 3.8) is 0 Å². The van der Waals surface area contributed by atoms with Gasteiger partial charge in [0.25, 0.3) is 5.56 Å². The number of nitrogens with zero attached hydrogens (tertiary/aromatic N) is 2. The molecular weight excluding hydrogens is 604 g/mol. The second kappa shape index (κ2) is 13.8. The Bertz CT molecular complexity index is 1900. The summed E-state index contributed by atoms with van der Waals surface area (Å²) in [4.78, 5) is 31.7. The van der Waals surface area contributed by atoms with Gasteiger partial charge >= 0.3 is 5.97 Å². The highest BCUT2D eigenvalue weighted by Crippen LogP contribution is 2.35. The molecule has 0 aliphatic carbocycles. The van der Waals surface area contributed by atoms with Crippen molar-refractivity contribution in [2.24, 2.45) is 4.99 Å². The molecule has 1 aliphatic heterocycles. The molecule has 0 saturated heterocycles. The van der Waals surface area contributed by atoms with Gasteiger partial charge in [0.15, 0.2) is 27.8 Å². The molecule has 0 bridgehead atoms. The summed E-state index contributed by atoms with van der Waals surface area (Å²) in [6, 6.07) is 17.4. The van der Waals surface area contributed by atoms with Crippen molar-refractivity contribution in [3.05, 3.63) is 114 Å². The highest BCUT2D eigenvalue weighted by molar-refractivity contribution is 7.07. The number of aromatic nitrogens is 1. The summed E-state index contributed by atoms with van der Waals surface area (Å²) in [6.45, 7) is 4.91. The molecule has 0 saturated carbocycles. The van der Waals surface area contributed by atoms with Gasteiger partial charge in [-0.1, -0.05) is 53.3 Å². The van der Waals surface area contributed by atoms with E-state index in [1.165, 1.54) is 29.2 Å². The Hall–Kier alpha value is -4.54. The number of carbonyl (C=O) groups excluding carboxylic acids is 1. The van der Waals surface area contributed by atoms with Crippen LogP contribution in [-0.4, -0.2) is 38.0 Å². The Kier molecular flexibility index (Phi) is 9.72. The van der Waals surface area contributed by atoms with Crippen molar-refractivity contribution in [1.82, 2.24) is 4.57 Å². The first-order valence-electron chi connectivity index (χ1n) is 13.9. The molecule has 9 nitrogen and oxygen atoms in total. The van der Waals surface area contributed by atoms with Gasteiger partial charge in [-0.25, -0.2) is 9.79 Å². The topological polar surface area (TPSA) is 97.6 Å². The van der Waals surface area contributed by atoms with Crippen LogP contribution < -0.4 is 33.8 Å². The van der Waals surface area contributed by atoms with E-state index in [9.17, 15) is 9.59 Å². The van der Waals surface area contributed by atoms with Gasteiger partial charge in [0.1, 0.15) is 6.61 Å². The fraction of sp³-hybridized carbons (Fsp3) is 0.242. The number of carbonyl (C=O) groups is 1. The summed E-state index contributed by atoms with van der Waals surface area (Å²) in [5.41, 5.74) is 2.14. The van der Waals surface area contributed by atoms with Crippen molar-refractivity contribution < 1.29 is 28.5 Å². The van der Waals surface area contributed by atoms with Gasteiger partial charge in [-0.2, -0.15) is 0 Å². The van der Waals surface area contributed by atoms with E-state index in [1.807, 2.05) is 50.2 Å². The maximum atomic E-state index is 13.9. The van der Waals surface area contributed by atoms with Crippen LogP contribution in [0.1, 0.15) is 36.6 Å². The van der Waals surface area contributed by atoms with Crippen LogP contribution in [0.4, 0.5) is 0 Å². The maximum absolute atomic E-state index is 13.9. The number of hydrogen-bond donors (Lipinski definition) is 0. The average molecular weight is 635 g/mol. The first kappa shape index (κ1) is 30.9. The largest absolute Gasteiger partial charge is 0.493 e. The van der Waals surface area contributed by atoms with Crippen molar-refractivity contribution in [2.45, 2.75) is 26.5 Å². The van der Waals surface area contributed by atoms with Gasteiger partial charge in [-0.15, -0.1) is 0 Å². The van der Waals surface area contributed by atoms with E-state index < -0.39 is 12.0 Å². The van der Waals surface area contributed by atoms with Gasteiger partial charge < -0.3 is 23.7 Å². The Morgan fingerprint density at radius 1 is 0.955 bits per heavy atom. The summed E-state index contributed by atoms with van der Waals surface area (Å²) >= 11 is 7.49. The molecule has 0 unspecified atom stereocenters.